The van der Waals surface area contributed by atoms with Crippen LogP contribution in [0.3, 0.4) is 0 Å². The molecule has 0 saturated carbocycles. The van der Waals surface area contributed by atoms with E-state index in [-0.39, 0.29) is 5.41 Å². The molecule has 0 atom stereocenters. The summed E-state index contributed by atoms with van der Waals surface area (Å²) in [5, 5.41) is 9.63. The fraction of sp³-hybridized carbons (Fsp3) is 0.500. The molecule has 1 aromatic rings. The number of benzene rings is 1. The fourth-order valence-corrected chi connectivity index (χ4v) is 1.42. The van der Waals surface area contributed by atoms with Crippen LogP contribution in [-0.2, 0) is 16.7 Å². The molecule has 3 heteroatoms. The topological polar surface area (TPSA) is 55.5 Å². The maximum Gasteiger partial charge on any atom is 0.118 e. The summed E-state index contributed by atoms with van der Waals surface area (Å²) in [4.78, 5) is 4.52. The normalized spacial score (nSPS) is 11.7. The summed E-state index contributed by atoms with van der Waals surface area (Å²) < 4.78 is 0. The fourth-order valence-electron chi connectivity index (χ4n) is 1.42. The molecule has 0 spiro atoms. The van der Waals surface area contributed by atoms with Crippen molar-refractivity contribution >= 4 is 0 Å². The molecule has 0 aliphatic rings. The van der Waals surface area contributed by atoms with E-state index in [0.29, 0.717) is 18.8 Å². The first-order chi connectivity index (χ1) is 6.95. The number of aromatic hydroxyl groups is 1. The quantitative estimate of drug-likeness (QED) is 0.750. The predicted octanol–water partition coefficient (Wildman–Crippen LogP) is 2.12. The van der Waals surface area contributed by atoms with Gasteiger partial charge in [-0.2, -0.15) is 0 Å². The van der Waals surface area contributed by atoms with E-state index in [9.17, 15) is 5.11 Å². The molecule has 1 rings (SSSR count). The Bertz CT molecular complexity index is 329. The second-order valence-electron chi connectivity index (χ2n) is 4.71. The van der Waals surface area contributed by atoms with Gasteiger partial charge in [-0.3, -0.25) is 0 Å². The first-order valence-corrected chi connectivity index (χ1v) is 5.09. The lowest BCUT2D eigenvalue weighted by molar-refractivity contribution is 0.140. The van der Waals surface area contributed by atoms with Crippen molar-refractivity contribution in [1.29, 1.82) is 0 Å². The molecule has 84 valence electrons. The maximum absolute atomic E-state index is 9.63. The van der Waals surface area contributed by atoms with Crippen LogP contribution < -0.4 is 5.90 Å². The van der Waals surface area contributed by atoms with Gasteiger partial charge in [0.25, 0.3) is 0 Å². The van der Waals surface area contributed by atoms with Gasteiger partial charge in [-0.15, -0.1) is 0 Å². The summed E-state index contributed by atoms with van der Waals surface area (Å²) in [6, 6.07) is 5.68. The average molecular weight is 209 g/mol. The van der Waals surface area contributed by atoms with Crippen LogP contribution in [-0.4, -0.2) is 11.7 Å². The van der Waals surface area contributed by atoms with Crippen LogP contribution in [0.25, 0.3) is 0 Å². The number of hydrogen-bond donors (Lipinski definition) is 2. The van der Waals surface area contributed by atoms with Crippen LogP contribution >= 0.6 is 0 Å². The molecule has 1 aromatic carbocycles. The molecule has 0 amide bonds. The molecular weight excluding hydrogens is 190 g/mol. The predicted molar refractivity (Wildman–Crippen MR) is 60.7 cm³/mol. The van der Waals surface area contributed by atoms with E-state index >= 15 is 0 Å². The van der Waals surface area contributed by atoms with Crippen molar-refractivity contribution in [2.45, 2.75) is 32.6 Å². The lowest BCUT2D eigenvalue weighted by Crippen LogP contribution is -2.12. The van der Waals surface area contributed by atoms with Gasteiger partial charge in [0.05, 0.1) is 6.61 Å². The monoisotopic (exact) mass is 209 g/mol. The highest BCUT2D eigenvalue weighted by atomic mass is 16.6. The minimum atomic E-state index is 0.0893. The Morgan fingerprint density at radius 1 is 1.33 bits per heavy atom. The van der Waals surface area contributed by atoms with Crippen LogP contribution in [0.4, 0.5) is 0 Å². The number of phenols is 1. The molecular formula is C12H19NO2. The van der Waals surface area contributed by atoms with E-state index in [1.165, 1.54) is 5.56 Å². The smallest absolute Gasteiger partial charge is 0.118 e. The molecule has 15 heavy (non-hydrogen) atoms. The number of rotatable bonds is 3. The zero-order valence-electron chi connectivity index (χ0n) is 9.58. The highest BCUT2D eigenvalue weighted by Gasteiger charge is 2.15. The average Bonchev–Trinajstić information content (AvgIpc) is 2.15. The van der Waals surface area contributed by atoms with E-state index in [2.05, 4.69) is 25.6 Å². The lowest BCUT2D eigenvalue weighted by Gasteiger charge is -2.20. The number of nitrogens with two attached hydrogens (primary N) is 1. The Labute approximate surface area is 90.8 Å². The first-order valence-electron chi connectivity index (χ1n) is 5.09. The molecule has 0 saturated heterocycles. The molecule has 0 radical (unpaired) electrons. The van der Waals surface area contributed by atoms with Gasteiger partial charge < -0.3 is 9.94 Å². The van der Waals surface area contributed by atoms with Gasteiger partial charge in [0.15, 0.2) is 0 Å². The molecule has 3 N–H and O–H groups in total. The van der Waals surface area contributed by atoms with Crippen LogP contribution in [0.15, 0.2) is 18.2 Å². The highest BCUT2D eigenvalue weighted by Crippen LogP contribution is 2.27. The van der Waals surface area contributed by atoms with E-state index < -0.39 is 0 Å². The Kier molecular flexibility index (Phi) is 3.72. The molecule has 0 heterocycles. The van der Waals surface area contributed by atoms with E-state index in [1.54, 1.807) is 6.07 Å². The van der Waals surface area contributed by atoms with Crippen molar-refractivity contribution < 1.29 is 9.94 Å². The zero-order valence-corrected chi connectivity index (χ0v) is 9.58. The van der Waals surface area contributed by atoms with Crippen LogP contribution in [0.2, 0.25) is 0 Å². The summed E-state index contributed by atoms with van der Waals surface area (Å²) in [6.45, 7) is 6.84. The molecule has 0 bridgehead atoms. The summed E-state index contributed by atoms with van der Waals surface area (Å²) in [5.41, 5.74) is 2.17. The Balaban J connectivity index is 2.95. The maximum atomic E-state index is 9.63. The summed E-state index contributed by atoms with van der Waals surface area (Å²) in [6.07, 6.45) is 0.631. The summed E-state index contributed by atoms with van der Waals surface area (Å²) >= 11 is 0. The molecule has 0 aliphatic carbocycles. The van der Waals surface area contributed by atoms with E-state index in [0.717, 1.165) is 5.56 Å². The van der Waals surface area contributed by atoms with Gasteiger partial charge in [-0.05, 0) is 22.6 Å². The highest BCUT2D eigenvalue weighted by molar-refractivity contribution is 5.38. The van der Waals surface area contributed by atoms with Gasteiger partial charge in [0.1, 0.15) is 5.75 Å². The lowest BCUT2D eigenvalue weighted by atomic mass is 9.86. The van der Waals surface area contributed by atoms with E-state index in [4.69, 9.17) is 5.90 Å². The Morgan fingerprint density at radius 2 is 2.00 bits per heavy atom. The van der Waals surface area contributed by atoms with Crippen molar-refractivity contribution in [2.24, 2.45) is 5.90 Å². The van der Waals surface area contributed by atoms with Crippen LogP contribution in [0, 0.1) is 0 Å². The third-order valence-corrected chi connectivity index (χ3v) is 2.43. The third-order valence-electron chi connectivity index (χ3n) is 2.43. The van der Waals surface area contributed by atoms with Crippen molar-refractivity contribution in [2.75, 3.05) is 6.61 Å². The molecule has 0 unspecified atom stereocenters. The van der Waals surface area contributed by atoms with Gasteiger partial charge in [-0.25, -0.2) is 5.90 Å². The standard InChI is InChI=1S/C12H19NO2/c1-12(2,3)10-4-5-11(14)9(8-10)6-7-15-13/h4-5,8,14H,6-7,13H2,1-3H3. The van der Waals surface area contributed by atoms with Gasteiger partial charge in [0, 0.05) is 6.42 Å². The minimum Gasteiger partial charge on any atom is -0.508 e. The SMILES string of the molecule is CC(C)(C)c1ccc(O)c(CCON)c1. The van der Waals surface area contributed by atoms with Crippen molar-refractivity contribution in [3.63, 3.8) is 0 Å². The summed E-state index contributed by atoms with van der Waals surface area (Å²) in [5.74, 6) is 5.27. The van der Waals surface area contributed by atoms with Crippen LogP contribution in [0.1, 0.15) is 31.9 Å². The van der Waals surface area contributed by atoms with Crippen molar-refractivity contribution in [1.82, 2.24) is 0 Å². The molecule has 0 aromatic heterocycles. The Hall–Kier alpha value is -1.06. The second-order valence-corrected chi connectivity index (χ2v) is 4.71. The van der Waals surface area contributed by atoms with Gasteiger partial charge >= 0.3 is 0 Å². The second kappa shape index (κ2) is 4.64. The van der Waals surface area contributed by atoms with E-state index in [1.807, 2.05) is 12.1 Å². The molecule has 0 aliphatic heterocycles. The molecule has 3 nitrogen and oxygen atoms in total. The van der Waals surface area contributed by atoms with Gasteiger partial charge in [-0.1, -0.05) is 32.9 Å². The minimum absolute atomic E-state index is 0.0893. The largest absolute Gasteiger partial charge is 0.508 e. The van der Waals surface area contributed by atoms with Crippen molar-refractivity contribution in [3.8, 4) is 5.75 Å². The van der Waals surface area contributed by atoms with Crippen LogP contribution in [0.5, 0.6) is 5.75 Å². The Morgan fingerprint density at radius 3 is 2.53 bits per heavy atom. The summed E-state index contributed by atoms with van der Waals surface area (Å²) in [7, 11) is 0. The zero-order chi connectivity index (χ0) is 11.5. The first kappa shape index (κ1) is 12.0. The van der Waals surface area contributed by atoms with Gasteiger partial charge in [0.2, 0.25) is 0 Å². The van der Waals surface area contributed by atoms with Crippen molar-refractivity contribution in [3.05, 3.63) is 29.3 Å². The number of phenolic OH excluding ortho intramolecular Hbond substituents is 1. The number of hydrogen-bond acceptors (Lipinski definition) is 3. The molecule has 0 fully saturated rings. The third kappa shape index (κ3) is 3.22.